The predicted octanol–water partition coefficient (Wildman–Crippen LogP) is 3.72. The molecule has 0 radical (unpaired) electrons. The van der Waals surface area contributed by atoms with E-state index in [1.54, 1.807) is 0 Å². The Hall–Kier alpha value is -2.57. The maximum Gasteiger partial charge on any atom is 0.251 e. The van der Waals surface area contributed by atoms with E-state index in [1.807, 2.05) is 18.2 Å². The summed E-state index contributed by atoms with van der Waals surface area (Å²) in [6, 6.07) is 16.3. The number of anilines is 1. The van der Waals surface area contributed by atoms with Gasteiger partial charge in [-0.2, -0.15) is 0 Å². The number of hydrogen-bond donors (Lipinski definition) is 2. The Morgan fingerprint density at radius 1 is 1.12 bits per heavy atom. The molecule has 0 spiro atoms. The van der Waals surface area contributed by atoms with Crippen LogP contribution < -0.4 is 15.4 Å². The normalized spacial score (nSPS) is 20.7. The van der Waals surface area contributed by atoms with Gasteiger partial charge in [0.05, 0.1) is 24.4 Å². The highest BCUT2D eigenvalue weighted by molar-refractivity contribution is 5.95. The van der Waals surface area contributed by atoms with Crippen molar-refractivity contribution in [3.63, 3.8) is 0 Å². The number of benzene rings is 2. The van der Waals surface area contributed by atoms with Crippen LogP contribution in [0.4, 0.5) is 5.69 Å². The van der Waals surface area contributed by atoms with Crippen LogP contribution in [0.5, 0.6) is 5.75 Å². The first-order valence-corrected chi connectivity index (χ1v) is 11.8. The fourth-order valence-corrected chi connectivity index (χ4v) is 4.37. The SMILES string of the molecule is CC1(CCCCc2ccccc2)COc2ccc(C(=O)NCCN3CCOCC3)cc2N1. The molecule has 0 bridgehead atoms. The first-order chi connectivity index (χ1) is 15.6. The van der Waals surface area contributed by atoms with Crippen molar-refractivity contribution in [3.8, 4) is 5.75 Å². The molecule has 1 saturated heterocycles. The molecule has 1 fully saturated rings. The van der Waals surface area contributed by atoms with Crippen LogP contribution in [-0.4, -0.2) is 62.3 Å². The second-order valence-corrected chi connectivity index (χ2v) is 9.09. The van der Waals surface area contributed by atoms with Gasteiger partial charge in [-0.25, -0.2) is 0 Å². The van der Waals surface area contributed by atoms with Crippen LogP contribution in [0.3, 0.4) is 0 Å². The molecule has 2 aliphatic heterocycles. The zero-order chi connectivity index (χ0) is 22.2. The number of hydrogen-bond acceptors (Lipinski definition) is 5. The molecule has 172 valence electrons. The van der Waals surface area contributed by atoms with Crippen molar-refractivity contribution >= 4 is 11.6 Å². The number of nitrogens with one attached hydrogen (secondary N) is 2. The van der Waals surface area contributed by atoms with Crippen LogP contribution in [0.2, 0.25) is 0 Å². The molecule has 2 aromatic carbocycles. The van der Waals surface area contributed by atoms with E-state index in [1.165, 1.54) is 5.56 Å². The molecule has 1 atom stereocenters. The van der Waals surface area contributed by atoms with E-state index in [0.29, 0.717) is 18.7 Å². The van der Waals surface area contributed by atoms with Gasteiger partial charge in [0, 0.05) is 31.7 Å². The van der Waals surface area contributed by atoms with Crippen molar-refractivity contribution in [2.24, 2.45) is 0 Å². The van der Waals surface area contributed by atoms with Crippen molar-refractivity contribution in [2.75, 3.05) is 51.3 Å². The molecule has 1 unspecified atom stereocenters. The van der Waals surface area contributed by atoms with Gasteiger partial charge in [0.15, 0.2) is 0 Å². The lowest BCUT2D eigenvalue weighted by Gasteiger charge is -2.37. The molecule has 1 amide bonds. The fraction of sp³-hybridized carbons (Fsp3) is 0.500. The molecule has 6 heteroatoms. The molecule has 0 aliphatic carbocycles. The van der Waals surface area contributed by atoms with E-state index in [9.17, 15) is 4.79 Å². The zero-order valence-corrected chi connectivity index (χ0v) is 19.1. The fourth-order valence-electron chi connectivity index (χ4n) is 4.37. The number of rotatable bonds is 9. The molecule has 2 aliphatic rings. The molecule has 4 rings (SSSR count). The summed E-state index contributed by atoms with van der Waals surface area (Å²) >= 11 is 0. The maximum absolute atomic E-state index is 12.7. The van der Waals surface area contributed by atoms with Gasteiger partial charge in [0.1, 0.15) is 12.4 Å². The first kappa shape index (κ1) is 22.6. The Kier molecular flexibility index (Phi) is 7.66. The quantitative estimate of drug-likeness (QED) is 0.586. The third-order valence-corrected chi connectivity index (χ3v) is 6.33. The number of fused-ring (bicyclic) bond motifs is 1. The van der Waals surface area contributed by atoms with E-state index < -0.39 is 0 Å². The highest BCUT2D eigenvalue weighted by Crippen LogP contribution is 2.35. The number of ether oxygens (including phenoxy) is 2. The van der Waals surface area contributed by atoms with Crippen molar-refractivity contribution in [3.05, 3.63) is 59.7 Å². The van der Waals surface area contributed by atoms with Crippen LogP contribution >= 0.6 is 0 Å². The molecule has 2 heterocycles. The minimum Gasteiger partial charge on any atom is -0.489 e. The van der Waals surface area contributed by atoms with Crippen molar-refractivity contribution < 1.29 is 14.3 Å². The number of amides is 1. The number of carbonyl (C=O) groups excluding carboxylic acids is 1. The van der Waals surface area contributed by atoms with Crippen molar-refractivity contribution in [2.45, 2.75) is 38.1 Å². The second kappa shape index (κ2) is 10.8. The zero-order valence-electron chi connectivity index (χ0n) is 19.1. The summed E-state index contributed by atoms with van der Waals surface area (Å²) in [5, 5.41) is 6.69. The third-order valence-electron chi connectivity index (χ3n) is 6.33. The standard InChI is InChI=1S/C26H35N3O3/c1-26(12-6-5-9-21-7-3-2-4-8-21)20-32-24-11-10-22(19-23(24)28-26)25(30)27-13-14-29-15-17-31-18-16-29/h2-4,7-8,10-11,19,28H,5-6,9,12-18,20H2,1H3,(H,27,30). The van der Waals surface area contributed by atoms with Crippen LogP contribution in [0.15, 0.2) is 48.5 Å². The average molecular weight is 438 g/mol. The summed E-state index contributed by atoms with van der Waals surface area (Å²) in [4.78, 5) is 15.0. The van der Waals surface area contributed by atoms with Gasteiger partial charge in [0.2, 0.25) is 0 Å². The first-order valence-electron chi connectivity index (χ1n) is 11.8. The average Bonchev–Trinajstić information content (AvgIpc) is 2.83. The van der Waals surface area contributed by atoms with Crippen LogP contribution in [0.1, 0.15) is 42.1 Å². The van der Waals surface area contributed by atoms with E-state index in [0.717, 1.165) is 70.0 Å². The molecule has 0 aromatic heterocycles. The van der Waals surface area contributed by atoms with Gasteiger partial charge < -0.3 is 20.1 Å². The lowest BCUT2D eigenvalue weighted by atomic mass is 9.92. The van der Waals surface area contributed by atoms with Crippen LogP contribution in [0.25, 0.3) is 0 Å². The summed E-state index contributed by atoms with van der Waals surface area (Å²) in [5.41, 5.74) is 2.83. The summed E-state index contributed by atoms with van der Waals surface area (Å²) in [5.74, 6) is 0.773. The van der Waals surface area contributed by atoms with Crippen molar-refractivity contribution in [1.29, 1.82) is 0 Å². The number of morpholine rings is 1. The lowest BCUT2D eigenvalue weighted by Crippen LogP contribution is -2.44. The summed E-state index contributed by atoms with van der Waals surface area (Å²) in [7, 11) is 0. The Balaban J connectivity index is 1.26. The van der Waals surface area contributed by atoms with Gasteiger partial charge in [-0.3, -0.25) is 9.69 Å². The molecule has 2 aromatic rings. The van der Waals surface area contributed by atoms with Gasteiger partial charge in [-0.05, 0) is 49.9 Å². The highest BCUT2D eigenvalue weighted by atomic mass is 16.5. The predicted molar refractivity (Wildman–Crippen MR) is 128 cm³/mol. The highest BCUT2D eigenvalue weighted by Gasteiger charge is 2.30. The van der Waals surface area contributed by atoms with Crippen LogP contribution in [-0.2, 0) is 11.2 Å². The van der Waals surface area contributed by atoms with E-state index in [4.69, 9.17) is 9.47 Å². The minimum atomic E-state index is -0.130. The third kappa shape index (κ3) is 6.24. The van der Waals surface area contributed by atoms with Crippen molar-refractivity contribution in [1.82, 2.24) is 10.2 Å². The van der Waals surface area contributed by atoms with E-state index >= 15 is 0 Å². The second-order valence-electron chi connectivity index (χ2n) is 9.09. The Bertz CT molecular complexity index is 883. The number of unbranched alkanes of at least 4 members (excludes halogenated alkanes) is 1. The van der Waals surface area contributed by atoms with E-state index in [2.05, 4.69) is 52.8 Å². The van der Waals surface area contributed by atoms with Gasteiger partial charge in [-0.1, -0.05) is 36.8 Å². The maximum atomic E-state index is 12.7. The summed E-state index contributed by atoms with van der Waals surface area (Å²) in [6.07, 6.45) is 4.40. The summed E-state index contributed by atoms with van der Waals surface area (Å²) in [6.45, 7) is 7.73. The van der Waals surface area contributed by atoms with Gasteiger partial charge >= 0.3 is 0 Å². The number of nitrogens with zero attached hydrogens (tertiary/aromatic N) is 1. The lowest BCUT2D eigenvalue weighted by molar-refractivity contribution is 0.0383. The minimum absolute atomic E-state index is 0.0435. The van der Waals surface area contributed by atoms with Gasteiger partial charge in [0.25, 0.3) is 5.91 Å². The smallest absolute Gasteiger partial charge is 0.251 e. The molecular weight excluding hydrogens is 402 g/mol. The largest absolute Gasteiger partial charge is 0.489 e. The Labute approximate surface area is 191 Å². The number of aryl methyl sites for hydroxylation is 1. The van der Waals surface area contributed by atoms with E-state index in [-0.39, 0.29) is 11.4 Å². The molecule has 2 N–H and O–H groups in total. The summed E-state index contributed by atoms with van der Waals surface area (Å²) < 4.78 is 11.4. The molecular formula is C26H35N3O3. The monoisotopic (exact) mass is 437 g/mol. The van der Waals surface area contributed by atoms with Gasteiger partial charge in [-0.15, -0.1) is 0 Å². The molecule has 32 heavy (non-hydrogen) atoms. The Morgan fingerprint density at radius 3 is 2.75 bits per heavy atom. The molecule has 0 saturated carbocycles. The molecule has 6 nitrogen and oxygen atoms in total. The topological polar surface area (TPSA) is 62.8 Å². The Morgan fingerprint density at radius 2 is 1.94 bits per heavy atom. The van der Waals surface area contributed by atoms with Crippen LogP contribution in [0, 0.1) is 0 Å². The number of carbonyl (C=O) groups is 1.